The minimum absolute atomic E-state index is 0.259. The second-order valence-corrected chi connectivity index (χ2v) is 2.46. The molecule has 0 spiro atoms. The van der Waals surface area contributed by atoms with Crippen molar-refractivity contribution in [2.24, 2.45) is 0 Å². The standard InChI is InChI=1S/C8H10O/c1-6-3-4-7(2)8(9)5-6/h3-4H,5H2,1-2H3. The smallest absolute Gasteiger partial charge is 0.162 e. The first-order valence-electron chi connectivity index (χ1n) is 3.07. The van der Waals surface area contributed by atoms with E-state index in [2.05, 4.69) is 0 Å². The molecule has 0 bridgehead atoms. The molecule has 0 fully saturated rings. The van der Waals surface area contributed by atoms with Gasteiger partial charge in [0.05, 0.1) is 0 Å². The Labute approximate surface area is 55.1 Å². The molecule has 0 amide bonds. The summed E-state index contributed by atoms with van der Waals surface area (Å²) < 4.78 is 0. The van der Waals surface area contributed by atoms with Gasteiger partial charge in [-0.25, -0.2) is 0 Å². The number of hydrogen-bond donors (Lipinski definition) is 0. The molecule has 0 aromatic carbocycles. The third-order valence-corrected chi connectivity index (χ3v) is 1.50. The Morgan fingerprint density at radius 3 is 2.44 bits per heavy atom. The molecule has 1 nitrogen and oxygen atoms in total. The summed E-state index contributed by atoms with van der Waals surface area (Å²) in [5.74, 6) is 0.259. The van der Waals surface area contributed by atoms with Crippen LogP contribution in [0.3, 0.4) is 0 Å². The molecule has 0 N–H and O–H groups in total. The number of Topliss-reactive ketones (excluding diaryl/α,β-unsaturated/α-hetero) is 1. The molecule has 1 aliphatic carbocycles. The summed E-state index contributed by atoms with van der Waals surface area (Å²) in [4.78, 5) is 10.9. The van der Waals surface area contributed by atoms with Gasteiger partial charge in [0.25, 0.3) is 0 Å². The molecule has 0 saturated heterocycles. The first kappa shape index (κ1) is 6.27. The van der Waals surface area contributed by atoms with Crippen LogP contribution in [-0.2, 0) is 4.79 Å². The molecule has 48 valence electrons. The van der Waals surface area contributed by atoms with E-state index in [1.54, 1.807) is 0 Å². The first-order valence-corrected chi connectivity index (χ1v) is 3.07. The second kappa shape index (κ2) is 2.18. The predicted molar refractivity (Wildman–Crippen MR) is 37.1 cm³/mol. The molecular weight excluding hydrogens is 112 g/mol. The largest absolute Gasteiger partial charge is 0.294 e. The SMILES string of the molecule is CC1=CC=C(C)C(=O)C1. The molecular formula is C8H10O. The maximum absolute atomic E-state index is 10.9. The lowest BCUT2D eigenvalue weighted by atomic mass is 10.00. The monoisotopic (exact) mass is 122 g/mol. The van der Waals surface area contributed by atoms with Gasteiger partial charge in [-0.05, 0) is 19.4 Å². The molecule has 1 rings (SSSR count). The molecule has 0 unspecified atom stereocenters. The van der Waals surface area contributed by atoms with Gasteiger partial charge in [0.15, 0.2) is 5.78 Å². The van der Waals surface area contributed by atoms with Crippen LogP contribution >= 0.6 is 0 Å². The molecule has 9 heavy (non-hydrogen) atoms. The van der Waals surface area contributed by atoms with E-state index in [0.717, 1.165) is 11.1 Å². The lowest BCUT2D eigenvalue weighted by molar-refractivity contribution is -0.115. The Morgan fingerprint density at radius 2 is 2.00 bits per heavy atom. The number of allylic oxidation sites excluding steroid dienone is 4. The van der Waals surface area contributed by atoms with E-state index in [1.807, 2.05) is 26.0 Å². The van der Waals surface area contributed by atoms with Gasteiger partial charge in [0, 0.05) is 6.42 Å². The van der Waals surface area contributed by atoms with E-state index in [4.69, 9.17) is 0 Å². The van der Waals surface area contributed by atoms with Crippen LogP contribution in [0.4, 0.5) is 0 Å². The van der Waals surface area contributed by atoms with Crippen molar-refractivity contribution < 1.29 is 4.79 Å². The summed E-state index contributed by atoms with van der Waals surface area (Å²) in [6, 6.07) is 0. The van der Waals surface area contributed by atoms with E-state index >= 15 is 0 Å². The zero-order chi connectivity index (χ0) is 6.85. The van der Waals surface area contributed by atoms with Crippen molar-refractivity contribution >= 4 is 5.78 Å². The van der Waals surface area contributed by atoms with Crippen molar-refractivity contribution in [1.82, 2.24) is 0 Å². The van der Waals surface area contributed by atoms with Gasteiger partial charge in [-0.2, -0.15) is 0 Å². The normalized spacial score (nSPS) is 19.1. The fourth-order valence-electron chi connectivity index (χ4n) is 0.812. The number of carbonyl (C=O) groups is 1. The van der Waals surface area contributed by atoms with Gasteiger partial charge in [0.2, 0.25) is 0 Å². The zero-order valence-electron chi connectivity index (χ0n) is 5.77. The maximum atomic E-state index is 10.9. The van der Waals surface area contributed by atoms with Crippen LogP contribution in [0.15, 0.2) is 23.3 Å². The van der Waals surface area contributed by atoms with Gasteiger partial charge in [-0.1, -0.05) is 17.7 Å². The third-order valence-electron chi connectivity index (χ3n) is 1.50. The fourth-order valence-corrected chi connectivity index (χ4v) is 0.812. The van der Waals surface area contributed by atoms with E-state index in [9.17, 15) is 4.79 Å². The molecule has 0 aromatic rings. The predicted octanol–water partition coefficient (Wildman–Crippen LogP) is 1.85. The van der Waals surface area contributed by atoms with Crippen molar-refractivity contribution in [1.29, 1.82) is 0 Å². The third kappa shape index (κ3) is 1.28. The summed E-state index contributed by atoms with van der Waals surface area (Å²) in [5, 5.41) is 0. The number of carbonyl (C=O) groups excluding carboxylic acids is 1. The van der Waals surface area contributed by atoms with Gasteiger partial charge in [-0.15, -0.1) is 0 Å². The lowest BCUT2D eigenvalue weighted by Gasteiger charge is -2.04. The Bertz CT molecular complexity index is 197. The average molecular weight is 122 g/mol. The number of ketones is 1. The summed E-state index contributed by atoms with van der Waals surface area (Å²) in [6.45, 7) is 3.83. The second-order valence-electron chi connectivity index (χ2n) is 2.46. The maximum Gasteiger partial charge on any atom is 0.162 e. The number of rotatable bonds is 0. The Morgan fingerprint density at radius 1 is 1.33 bits per heavy atom. The molecule has 0 atom stereocenters. The Kier molecular flexibility index (Phi) is 1.52. The van der Waals surface area contributed by atoms with E-state index in [0.29, 0.717) is 6.42 Å². The van der Waals surface area contributed by atoms with Crippen molar-refractivity contribution in [2.75, 3.05) is 0 Å². The van der Waals surface area contributed by atoms with Gasteiger partial charge < -0.3 is 0 Å². The highest BCUT2D eigenvalue weighted by molar-refractivity contribution is 5.97. The molecule has 0 aromatic heterocycles. The fraction of sp³-hybridized carbons (Fsp3) is 0.375. The van der Waals surface area contributed by atoms with Crippen LogP contribution in [0, 0.1) is 0 Å². The number of hydrogen-bond acceptors (Lipinski definition) is 1. The van der Waals surface area contributed by atoms with E-state index in [-0.39, 0.29) is 5.78 Å². The van der Waals surface area contributed by atoms with Crippen LogP contribution in [-0.4, -0.2) is 5.78 Å². The van der Waals surface area contributed by atoms with Crippen LogP contribution in [0.25, 0.3) is 0 Å². The van der Waals surface area contributed by atoms with Crippen molar-refractivity contribution in [2.45, 2.75) is 20.3 Å². The highest BCUT2D eigenvalue weighted by Crippen LogP contribution is 2.12. The Balaban J connectivity index is 2.86. The molecule has 0 radical (unpaired) electrons. The van der Waals surface area contributed by atoms with Gasteiger partial charge in [-0.3, -0.25) is 4.79 Å². The van der Waals surface area contributed by atoms with Crippen LogP contribution < -0.4 is 0 Å². The van der Waals surface area contributed by atoms with Crippen molar-refractivity contribution in [3.63, 3.8) is 0 Å². The van der Waals surface area contributed by atoms with Crippen LogP contribution in [0.5, 0.6) is 0 Å². The highest BCUT2D eigenvalue weighted by Gasteiger charge is 2.07. The summed E-state index contributed by atoms with van der Waals surface area (Å²) in [5.41, 5.74) is 2.03. The van der Waals surface area contributed by atoms with Crippen LogP contribution in [0.1, 0.15) is 20.3 Å². The van der Waals surface area contributed by atoms with Crippen molar-refractivity contribution in [3.8, 4) is 0 Å². The van der Waals surface area contributed by atoms with Crippen LogP contribution in [0.2, 0.25) is 0 Å². The molecule has 0 heterocycles. The molecule has 1 heteroatoms. The molecule has 0 saturated carbocycles. The topological polar surface area (TPSA) is 17.1 Å². The molecule has 0 aliphatic heterocycles. The lowest BCUT2D eigenvalue weighted by Crippen LogP contribution is -2.02. The Hall–Kier alpha value is -0.850. The summed E-state index contributed by atoms with van der Waals surface area (Å²) in [7, 11) is 0. The minimum atomic E-state index is 0.259. The quantitative estimate of drug-likeness (QED) is 0.479. The molecule has 1 aliphatic rings. The first-order chi connectivity index (χ1) is 4.20. The van der Waals surface area contributed by atoms with E-state index in [1.165, 1.54) is 0 Å². The zero-order valence-corrected chi connectivity index (χ0v) is 5.77. The average Bonchev–Trinajstić information content (AvgIpc) is 1.80. The van der Waals surface area contributed by atoms with Gasteiger partial charge >= 0.3 is 0 Å². The summed E-state index contributed by atoms with van der Waals surface area (Å²) in [6.07, 6.45) is 4.49. The highest BCUT2D eigenvalue weighted by atomic mass is 16.1. The van der Waals surface area contributed by atoms with E-state index < -0.39 is 0 Å². The summed E-state index contributed by atoms with van der Waals surface area (Å²) >= 11 is 0. The van der Waals surface area contributed by atoms with Crippen molar-refractivity contribution in [3.05, 3.63) is 23.3 Å². The van der Waals surface area contributed by atoms with Gasteiger partial charge in [0.1, 0.15) is 0 Å². The minimum Gasteiger partial charge on any atom is -0.294 e.